The second-order valence-corrected chi connectivity index (χ2v) is 4.65. The fraction of sp³-hybridized carbons (Fsp3) is 0.400. The van der Waals surface area contributed by atoms with E-state index in [-0.39, 0.29) is 11.9 Å². The predicted molar refractivity (Wildman–Crippen MR) is 56.9 cm³/mol. The van der Waals surface area contributed by atoms with E-state index >= 15 is 0 Å². The smallest absolute Gasteiger partial charge is 0.130 e. The molecule has 4 heteroatoms. The van der Waals surface area contributed by atoms with Gasteiger partial charge in [0.2, 0.25) is 0 Å². The number of hydrogen-bond donors (Lipinski definition) is 3. The third-order valence-corrected chi connectivity index (χ3v) is 3.55. The van der Waals surface area contributed by atoms with Crippen molar-refractivity contribution in [1.82, 2.24) is 0 Å². The van der Waals surface area contributed by atoms with Crippen molar-refractivity contribution in [3.8, 4) is 5.75 Å². The predicted octanol–water partition coefficient (Wildman–Crippen LogP) is 1.46. The van der Waals surface area contributed by atoms with Crippen molar-refractivity contribution in [2.75, 3.05) is 0 Å². The van der Waals surface area contributed by atoms with E-state index in [0.29, 0.717) is 17.3 Å². The van der Waals surface area contributed by atoms with Crippen LogP contribution in [-0.4, -0.2) is 16.3 Å². The molecule has 0 unspecified atom stereocenters. The van der Waals surface area contributed by atoms with Crippen LogP contribution in [0.1, 0.15) is 18.4 Å². The van der Waals surface area contributed by atoms with Crippen LogP contribution in [0.25, 0.3) is 0 Å². The van der Waals surface area contributed by atoms with Crippen molar-refractivity contribution in [1.29, 1.82) is 0 Å². The number of aliphatic hydroxyl groups is 1. The van der Waals surface area contributed by atoms with Gasteiger partial charge in [-0.1, -0.05) is 12.1 Å². The van der Waals surface area contributed by atoms with E-state index in [4.69, 9.17) is 5.73 Å². The maximum Gasteiger partial charge on any atom is 0.130 e. The van der Waals surface area contributed by atoms with Crippen molar-refractivity contribution < 1.29 is 10.2 Å². The summed E-state index contributed by atoms with van der Waals surface area (Å²) in [6.45, 7) is 0. The highest BCUT2D eigenvalue weighted by Crippen LogP contribution is 2.44. The SMILES string of the molecule is NC1(c2cccc(O)c2Br)CC(O)C1. The van der Waals surface area contributed by atoms with Gasteiger partial charge in [-0.25, -0.2) is 0 Å². The topological polar surface area (TPSA) is 66.5 Å². The molecule has 3 nitrogen and oxygen atoms in total. The molecule has 76 valence electrons. The maximum atomic E-state index is 9.48. The van der Waals surface area contributed by atoms with Crippen LogP contribution in [0.3, 0.4) is 0 Å². The molecule has 0 aliphatic heterocycles. The lowest BCUT2D eigenvalue weighted by Gasteiger charge is -2.43. The molecule has 14 heavy (non-hydrogen) atoms. The summed E-state index contributed by atoms with van der Waals surface area (Å²) in [4.78, 5) is 0. The monoisotopic (exact) mass is 257 g/mol. The third-order valence-electron chi connectivity index (χ3n) is 2.71. The highest BCUT2D eigenvalue weighted by atomic mass is 79.9. The zero-order valence-electron chi connectivity index (χ0n) is 7.57. The Hall–Kier alpha value is -0.580. The summed E-state index contributed by atoms with van der Waals surface area (Å²) < 4.78 is 0.634. The van der Waals surface area contributed by atoms with Crippen molar-refractivity contribution in [2.45, 2.75) is 24.5 Å². The zero-order valence-corrected chi connectivity index (χ0v) is 9.16. The normalized spacial score (nSPS) is 31.2. The van der Waals surface area contributed by atoms with Gasteiger partial charge in [0.25, 0.3) is 0 Å². The van der Waals surface area contributed by atoms with Gasteiger partial charge in [0, 0.05) is 5.54 Å². The molecule has 0 saturated heterocycles. The summed E-state index contributed by atoms with van der Waals surface area (Å²) in [5.41, 5.74) is 6.46. The molecule has 1 aliphatic rings. The summed E-state index contributed by atoms with van der Waals surface area (Å²) in [7, 11) is 0. The van der Waals surface area contributed by atoms with E-state index in [2.05, 4.69) is 15.9 Å². The summed E-state index contributed by atoms with van der Waals surface area (Å²) >= 11 is 3.30. The molecule has 0 radical (unpaired) electrons. The highest BCUT2D eigenvalue weighted by Gasteiger charge is 2.42. The first-order valence-electron chi connectivity index (χ1n) is 4.48. The summed E-state index contributed by atoms with van der Waals surface area (Å²) in [6.07, 6.45) is 0.790. The maximum absolute atomic E-state index is 9.48. The van der Waals surface area contributed by atoms with Crippen LogP contribution in [-0.2, 0) is 5.54 Å². The molecule has 1 aromatic carbocycles. The van der Waals surface area contributed by atoms with Crippen molar-refractivity contribution in [2.24, 2.45) is 5.73 Å². The third kappa shape index (κ3) is 1.43. The minimum absolute atomic E-state index is 0.189. The second-order valence-electron chi connectivity index (χ2n) is 3.86. The number of phenols is 1. The van der Waals surface area contributed by atoms with Crippen molar-refractivity contribution >= 4 is 15.9 Å². The Kier molecular flexibility index (Phi) is 2.29. The van der Waals surface area contributed by atoms with Gasteiger partial charge in [-0.15, -0.1) is 0 Å². The van der Waals surface area contributed by atoms with Gasteiger partial charge in [0.1, 0.15) is 5.75 Å². The number of benzene rings is 1. The average molecular weight is 258 g/mol. The molecule has 4 N–H and O–H groups in total. The fourth-order valence-electron chi connectivity index (χ4n) is 1.91. The van der Waals surface area contributed by atoms with Crippen LogP contribution in [0.2, 0.25) is 0 Å². The van der Waals surface area contributed by atoms with E-state index in [9.17, 15) is 10.2 Å². The molecule has 0 spiro atoms. The van der Waals surface area contributed by atoms with Gasteiger partial charge >= 0.3 is 0 Å². The van der Waals surface area contributed by atoms with E-state index in [1.165, 1.54) is 0 Å². The lowest BCUT2D eigenvalue weighted by molar-refractivity contribution is 0.0205. The molecular weight excluding hydrogens is 246 g/mol. The molecule has 0 aromatic heterocycles. The Morgan fingerprint density at radius 1 is 1.43 bits per heavy atom. The van der Waals surface area contributed by atoms with E-state index in [0.717, 1.165) is 5.56 Å². The van der Waals surface area contributed by atoms with E-state index in [1.807, 2.05) is 6.07 Å². The van der Waals surface area contributed by atoms with Crippen LogP contribution in [0.4, 0.5) is 0 Å². The number of aromatic hydroxyl groups is 1. The zero-order chi connectivity index (χ0) is 10.3. The Morgan fingerprint density at radius 3 is 2.64 bits per heavy atom. The van der Waals surface area contributed by atoms with Crippen LogP contribution >= 0.6 is 15.9 Å². The highest BCUT2D eigenvalue weighted by molar-refractivity contribution is 9.10. The molecule has 0 atom stereocenters. The largest absolute Gasteiger partial charge is 0.507 e. The lowest BCUT2D eigenvalue weighted by atomic mass is 9.70. The van der Waals surface area contributed by atoms with Gasteiger partial charge in [-0.3, -0.25) is 0 Å². The number of hydrogen-bond acceptors (Lipinski definition) is 3. The van der Waals surface area contributed by atoms with Crippen LogP contribution < -0.4 is 5.73 Å². The molecule has 1 aliphatic carbocycles. The van der Waals surface area contributed by atoms with Gasteiger partial charge in [0.05, 0.1) is 10.6 Å². The van der Waals surface area contributed by atoms with Gasteiger partial charge in [-0.2, -0.15) is 0 Å². The second kappa shape index (κ2) is 3.22. The summed E-state index contributed by atoms with van der Waals surface area (Å²) in [5, 5.41) is 18.7. The summed E-state index contributed by atoms with van der Waals surface area (Å²) in [6, 6.07) is 5.23. The van der Waals surface area contributed by atoms with Crippen molar-refractivity contribution in [3.05, 3.63) is 28.2 Å². The molecule has 0 heterocycles. The minimum atomic E-state index is -0.489. The quantitative estimate of drug-likeness (QED) is 0.714. The van der Waals surface area contributed by atoms with Crippen LogP contribution in [0.15, 0.2) is 22.7 Å². The van der Waals surface area contributed by atoms with Gasteiger partial charge < -0.3 is 15.9 Å². The average Bonchev–Trinajstić information content (AvgIpc) is 2.07. The van der Waals surface area contributed by atoms with E-state index in [1.54, 1.807) is 12.1 Å². The fourth-order valence-corrected chi connectivity index (χ4v) is 2.56. The Morgan fingerprint density at radius 2 is 2.07 bits per heavy atom. The van der Waals surface area contributed by atoms with Gasteiger partial charge in [0.15, 0.2) is 0 Å². The van der Waals surface area contributed by atoms with Crippen LogP contribution in [0.5, 0.6) is 5.75 Å². The minimum Gasteiger partial charge on any atom is -0.507 e. The standard InChI is InChI=1S/C10H12BrNO2/c11-9-7(2-1-3-8(9)14)10(12)4-6(13)5-10/h1-3,6,13-14H,4-5,12H2. The molecular formula is C10H12BrNO2. The number of phenolic OH excluding ortho intramolecular Hbond substituents is 1. The molecule has 2 rings (SSSR count). The number of rotatable bonds is 1. The first kappa shape index (κ1) is 9.96. The Balaban J connectivity index is 2.37. The lowest BCUT2D eigenvalue weighted by Crippen LogP contribution is -2.51. The molecule has 1 fully saturated rings. The van der Waals surface area contributed by atoms with E-state index < -0.39 is 5.54 Å². The molecule has 1 saturated carbocycles. The number of halogens is 1. The first-order chi connectivity index (χ1) is 6.53. The van der Waals surface area contributed by atoms with Crippen LogP contribution in [0, 0.1) is 0 Å². The molecule has 1 aromatic rings. The summed E-state index contributed by atoms with van der Waals surface area (Å²) in [5.74, 6) is 0.189. The molecule has 0 bridgehead atoms. The van der Waals surface area contributed by atoms with Crippen molar-refractivity contribution in [3.63, 3.8) is 0 Å². The Bertz CT molecular complexity index is 361. The molecule has 0 amide bonds. The number of nitrogens with two attached hydrogens (primary N) is 1. The van der Waals surface area contributed by atoms with Gasteiger partial charge in [-0.05, 0) is 40.4 Å². The number of aliphatic hydroxyl groups excluding tert-OH is 1. The Labute approximate surface area is 90.7 Å². The first-order valence-corrected chi connectivity index (χ1v) is 5.27.